The van der Waals surface area contributed by atoms with Crippen molar-refractivity contribution in [2.24, 2.45) is 12.5 Å². The van der Waals surface area contributed by atoms with E-state index in [9.17, 15) is 23.2 Å². The van der Waals surface area contributed by atoms with E-state index < -0.39 is 39.7 Å². The lowest BCUT2D eigenvalue weighted by Gasteiger charge is -2.21. The fraction of sp³-hybridized carbons (Fsp3) is 0.435. The molecule has 0 amide bonds. The Hall–Kier alpha value is -2.79. The van der Waals surface area contributed by atoms with Crippen molar-refractivity contribution in [3.63, 3.8) is 0 Å². The first kappa shape index (κ1) is 25.5. The van der Waals surface area contributed by atoms with E-state index >= 15 is 0 Å². The number of halogens is 4. The topological polar surface area (TPSA) is 67.9 Å². The van der Waals surface area contributed by atoms with E-state index in [-0.39, 0.29) is 16.6 Å². The van der Waals surface area contributed by atoms with Crippen LogP contribution in [0.4, 0.5) is 13.2 Å². The SMILES string of the molecule is Cn1nc(C(F)(F)F)c(/C(OC(=O)C(C)(C)C)=C(\C#N)c2ccc(C(C)(C)C)cc2)c1Cl. The number of ether oxygens (including phenoxy) is 1. The van der Waals surface area contributed by atoms with Gasteiger partial charge >= 0.3 is 12.1 Å². The van der Waals surface area contributed by atoms with Gasteiger partial charge in [-0.15, -0.1) is 0 Å². The lowest BCUT2D eigenvalue weighted by molar-refractivity contribution is -0.146. The smallest absolute Gasteiger partial charge is 0.424 e. The number of rotatable bonds is 3. The number of allylic oxidation sites excluding steroid dienone is 1. The van der Waals surface area contributed by atoms with E-state index in [0.29, 0.717) is 0 Å². The molecule has 0 saturated carbocycles. The number of aryl methyl sites for hydroxylation is 1. The van der Waals surface area contributed by atoms with Gasteiger partial charge in [0.05, 0.1) is 11.0 Å². The van der Waals surface area contributed by atoms with Crippen molar-refractivity contribution in [2.75, 3.05) is 0 Å². The van der Waals surface area contributed by atoms with Crippen LogP contribution in [0.2, 0.25) is 5.15 Å². The molecule has 0 N–H and O–H groups in total. The second-order valence-corrected chi connectivity index (χ2v) is 9.78. The molecule has 2 rings (SSSR count). The van der Waals surface area contributed by atoms with Crippen LogP contribution in [-0.4, -0.2) is 15.7 Å². The van der Waals surface area contributed by atoms with Crippen LogP contribution in [0.1, 0.15) is 63.9 Å². The van der Waals surface area contributed by atoms with E-state index in [2.05, 4.69) is 5.10 Å². The summed E-state index contributed by atoms with van der Waals surface area (Å²) in [7, 11) is 1.23. The van der Waals surface area contributed by atoms with Crippen molar-refractivity contribution in [2.45, 2.75) is 53.1 Å². The molecule has 0 aliphatic rings. The van der Waals surface area contributed by atoms with E-state index in [4.69, 9.17) is 16.3 Å². The minimum absolute atomic E-state index is 0.174. The first-order chi connectivity index (χ1) is 14.5. The Bertz CT molecular complexity index is 1090. The molecule has 5 nitrogen and oxygen atoms in total. The van der Waals surface area contributed by atoms with Gasteiger partial charge in [-0.1, -0.05) is 56.6 Å². The van der Waals surface area contributed by atoms with Gasteiger partial charge in [0.25, 0.3) is 0 Å². The quantitative estimate of drug-likeness (QED) is 0.299. The summed E-state index contributed by atoms with van der Waals surface area (Å²) >= 11 is 6.15. The Morgan fingerprint density at radius 1 is 1.09 bits per heavy atom. The lowest BCUT2D eigenvalue weighted by atomic mass is 9.86. The van der Waals surface area contributed by atoms with Gasteiger partial charge in [0.15, 0.2) is 11.5 Å². The second kappa shape index (κ2) is 8.62. The summed E-state index contributed by atoms with van der Waals surface area (Å²) in [4.78, 5) is 12.6. The third-order valence-corrected chi connectivity index (χ3v) is 5.09. The monoisotopic (exact) mass is 467 g/mol. The van der Waals surface area contributed by atoms with Crippen LogP contribution < -0.4 is 0 Å². The molecule has 0 fully saturated rings. The van der Waals surface area contributed by atoms with Crippen LogP contribution in [0.3, 0.4) is 0 Å². The summed E-state index contributed by atoms with van der Waals surface area (Å²) in [5.74, 6) is -1.40. The molecule has 0 spiro atoms. The molecular formula is C23H25ClF3N3O2. The summed E-state index contributed by atoms with van der Waals surface area (Å²) in [6.45, 7) is 10.7. The van der Waals surface area contributed by atoms with Crippen molar-refractivity contribution in [3.8, 4) is 6.07 Å². The Morgan fingerprint density at radius 2 is 1.62 bits per heavy atom. The van der Waals surface area contributed by atoms with E-state index in [1.54, 1.807) is 45.0 Å². The third kappa shape index (κ3) is 5.33. The number of nitrogens with zero attached hydrogens (tertiary/aromatic N) is 3. The summed E-state index contributed by atoms with van der Waals surface area (Å²) < 4.78 is 47.5. The standard InChI is InChI=1S/C23H25ClF3N3O2/c1-21(2,3)14-10-8-13(9-11-14)15(12-28)17(32-20(31)22(4,5)6)16-18(23(25,26)27)29-30(7)19(16)24/h8-11H,1-7H3/b17-15-. The fourth-order valence-corrected chi connectivity index (χ4v) is 2.97. The van der Waals surface area contributed by atoms with Gasteiger partial charge in [-0.05, 0) is 37.3 Å². The zero-order chi connectivity index (χ0) is 24.6. The Labute approximate surface area is 190 Å². The normalized spacial score (nSPS) is 13.4. The van der Waals surface area contributed by atoms with Gasteiger partial charge in [-0.2, -0.15) is 23.5 Å². The van der Waals surface area contributed by atoms with Crippen molar-refractivity contribution >= 4 is 28.9 Å². The highest BCUT2D eigenvalue weighted by Gasteiger charge is 2.42. The van der Waals surface area contributed by atoms with Crippen LogP contribution in [0.25, 0.3) is 11.3 Å². The van der Waals surface area contributed by atoms with Gasteiger partial charge < -0.3 is 4.74 Å². The highest BCUT2D eigenvalue weighted by Crippen LogP contribution is 2.41. The molecule has 0 atom stereocenters. The Balaban J connectivity index is 2.87. The second-order valence-electron chi connectivity index (χ2n) is 9.42. The largest absolute Gasteiger partial charge is 0.435 e. The van der Waals surface area contributed by atoms with Crippen molar-refractivity contribution < 1.29 is 22.7 Å². The number of carbonyl (C=O) groups excluding carboxylic acids is 1. The maximum absolute atomic E-state index is 13.7. The number of nitriles is 1. The molecule has 0 radical (unpaired) electrons. The number of hydrogen-bond acceptors (Lipinski definition) is 4. The number of esters is 1. The predicted octanol–water partition coefficient (Wildman–Crippen LogP) is 6.37. The first-order valence-corrected chi connectivity index (χ1v) is 10.1. The molecule has 9 heteroatoms. The number of carbonyl (C=O) groups is 1. The lowest BCUT2D eigenvalue weighted by Crippen LogP contribution is -2.23. The molecule has 1 aromatic carbocycles. The van der Waals surface area contributed by atoms with E-state index in [0.717, 1.165) is 10.2 Å². The highest BCUT2D eigenvalue weighted by molar-refractivity contribution is 6.32. The van der Waals surface area contributed by atoms with Gasteiger partial charge in [-0.25, -0.2) is 0 Å². The summed E-state index contributed by atoms with van der Waals surface area (Å²) in [5.41, 5.74) is -2.24. The predicted molar refractivity (Wildman–Crippen MR) is 116 cm³/mol. The zero-order valence-electron chi connectivity index (χ0n) is 19.0. The number of hydrogen-bond donors (Lipinski definition) is 0. The van der Waals surface area contributed by atoms with Gasteiger partial charge in [0.2, 0.25) is 0 Å². The van der Waals surface area contributed by atoms with Crippen LogP contribution in [0, 0.1) is 16.7 Å². The summed E-state index contributed by atoms with van der Waals surface area (Å²) in [5, 5.41) is 12.9. The van der Waals surface area contributed by atoms with Crippen LogP contribution in [0.15, 0.2) is 24.3 Å². The minimum Gasteiger partial charge on any atom is -0.424 e. The minimum atomic E-state index is -4.89. The first-order valence-electron chi connectivity index (χ1n) is 9.76. The van der Waals surface area contributed by atoms with Crippen LogP contribution >= 0.6 is 11.6 Å². The van der Waals surface area contributed by atoms with E-state index in [1.807, 2.05) is 26.8 Å². The van der Waals surface area contributed by atoms with Crippen LogP contribution in [0.5, 0.6) is 0 Å². The van der Waals surface area contributed by atoms with Crippen molar-refractivity contribution in [1.29, 1.82) is 5.26 Å². The van der Waals surface area contributed by atoms with E-state index in [1.165, 1.54) is 7.05 Å². The Morgan fingerprint density at radius 3 is 2.03 bits per heavy atom. The molecule has 172 valence electrons. The average molecular weight is 468 g/mol. The summed E-state index contributed by atoms with van der Waals surface area (Å²) in [6.07, 6.45) is -4.89. The molecule has 2 aromatic rings. The maximum Gasteiger partial charge on any atom is 0.435 e. The maximum atomic E-state index is 13.7. The molecule has 1 aromatic heterocycles. The Kier molecular flexibility index (Phi) is 6.86. The average Bonchev–Trinajstić information content (AvgIpc) is 2.95. The number of alkyl halides is 3. The number of aromatic nitrogens is 2. The van der Waals surface area contributed by atoms with Crippen LogP contribution in [-0.2, 0) is 28.2 Å². The molecule has 0 bridgehead atoms. The molecule has 1 heterocycles. The highest BCUT2D eigenvalue weighted by atomic mass is 35.5. The van der Waals surface area contributed by atoms with Crippen molar-refractivity contribution in [1.82, 2.24) is 9.78 Å². The molecule has 32 heavy (non-hydrogen) atoms. The number of benzene rings is 1. The van der Waals surface area contributed by atoms with Gasteiger partial charge in [-0.3, -0.25) is 9.48 Å². The molecule has 0 aliphatic heterocycles. The van der Waals surface area contributed by atoms with Gasteiger partial charge in [0.1, 0.15) is 16.8 Å². The molecular weight excluding hydrogens is 443 g/mol. The third-order valence-electron chi connectivity index (χ3n) is 4.66. The molecule has 0 aliphatic carbocycles. The summed E-state index contributed by atoms with van der Waals surface area (Å²) in [6, 6.07) is 8.62. The van der Waals surface area contributed by atoms with Gasteiger partial charge in [0, 0.05) is 7.05 Å². The molecule has 0 saturated heterocycles. The fourth-order valence-electron chi connectivity index (χ4n) is 2.76. The van der Waals surface area contributed by atoms with Crippen molar-refractivity contribution in [3.05, 3.63) is 51.8 Å². The zero-order valence-corrected chi connectivity index (χ0v) is 19.7. The molecule has 0 unspecified atom stereocenters.